The molecule has 70 valence electrons. The summed E-state index contributed by atoms with van der Waals surface area (Å²) in [6.45, 7) is 1.43. The fraction of sp³-hybridized carbons (Fsp3) is 0.444. The molecule has 0 radical (unpaired) electrons. The predicted molar refractivity (Wildman–Crippen MR) is 53.3 cm³/mol. The topological polar surface area (TPSA) is 45.2 Å². The molecule has 2 heterocycles. The van der Waals surface area contributed by atoms with Crippen LogP contribution in [0, 0.1) is 0 Å². The van der Waals surface area contributed by atoms with Gasteiger partial charge in [0.05, 0.1) is 5.69 Å². The molecule has 1 aliphatic heterocycles. The fourth-order valence-electron chi connectivity index (χ4n) is 1.61. The van der Waals surface area contributed by atoms with Crippen LogP contribution in [-0.2, 0) is 5.60 Å². The van der Waals surface area contributed by atoms with E-state index in [0.717, 1.165) is 23.1 Å². The standard InChI is InChI=1S/C9H11BrN2O/c10-7-2-1-4-12-8(7)9(13)3-5-11-6-9/h1-2,4,11,13H,3,5-6H2. The molecule has 4 heteroatoms. The number of rotatable bonds is 1. The molecular formula is C9H11BrN2O. The highest BCUT2D eigenvalue weighted by Gasteiger charge is 2.35. The van der Waals surface area contributed by atoms with Gasteiger partial charge in [-0.2, -0.15) is 0 Å². The van der Waals surface area contributed by atoms with Gasteiger partial charge in [0, 0.05) is 17.2 Å². The number of aromatic nitrogens is 1. The van der Waals surface area contributed by atoms with E-state index in [2.05, 4.69) is 26.2 Å². The first kappa shape index (κ1) is 9.12. The van der Waals surface area contributed by atoms with Crippen molar-refractivity contribution in [3.63, 3.8) is 0 Å². The molecule has 0 aliphatic carbocycles. The van der Waals surface area contributed by atoms with E-state index >= 15 is 0 Å². The molecule has 2 N–H and O–H groups in total. The maximum Gasteiger partial charge on any atom is 0.121 e. The van der Waals surface area contributed by atoms with Crippen molar-refractivity contribution in [3.05, 3.63) is 28.5 Å². The Balaban J connectivity index is 2.39. The normalized spacial score (nSPS) is 27.8. The molecule has 0 saturated carbocycles. The minimum absolute atomic E-state index is 0.586. The number of nitrogens with zero attached hydrogens (tertiary/aromatic N) is 1. The van der Waals surface area contributed by atoms with E-state index in [1.807, 2.05) is 12.1 Å². The number of hydrogen-bond acceptors (Lipinski definition) is 3. The maximum atomic E-state index is 10.2. The Labute approximate surface area is 85.3 Å². The van der Waals surface area contributed by atoms with E-state index in [1.165, 1.54) is 0 Å². The quantitative estimate of drug-likeness (QED) is 0.774. The Morgan fingerprint density at radius 3 is 3.08 bits per heavy atom. The zero-order chi connectivity index (χ0) is 9.31. The lowest BCUT2D eigenvalue weighted by Crippen LogP contribution is -2.29. The molecule has 13 heavy (non-hydrogen) atoms. The largest absolute Gasteiger partial charge is 0.382 e. The van der Waals surface area contributed by atoms with Crippen molar-refractivity contribution in [3.8, 4) is 0 Å². The Bertz CT molecular complexity index is 310. The number of nitrogens with one attached hydrogen (secondary N) is 1. The van der Waals surface area contributed by atoms with Gasteiger partial charge in [0.2, 0.25) is 0 Å². The summed E-state index contributed by atoms with van der Waals surface area (Å²) in [6.07, 6.45) is 2.43. The lowest BCUT2D eigenvalue weighted by atomic mass is 9.98. The van der Waals surface area contributed by atoms with Gasteiger partial charge in [0.15, 0.2) is 0 Å². The van der Waals surface area contributed by atoms with Gasteiger partial charge in [-0.05, 0) is 41.0 Å². The average molecular weight is 243 g/mol. The van der Waals surface area contributed by atoms with Crippen LogP contribution in [0.5, 0.6) is 0 Å². The third-order valence-electron chi connectivity index (χ3n) is 2.33. The van der Waals surface area contributed by atoms with E-state index in [0.29, 0.717) is 6.54 Å². The van der Waals surface area contributed by atoms with Crippen LogP contribution in [0.3, 0.4) is 0 Å². The highest BCUT2D eigenvalue weighted by Crippen LogP contribution is 2.30. The molecular weight excluding hydrogens is 232 g/mol. The van der Waals surface area contributed by atoms with Gasteiger partial charge < -0.3 is 10.4 Å². The molecule has 0 amide bonds. The summed E-state index contributed by atoms with van der Waals surface area (Å²) in [6, 6.07) is 3.75. The number of hydrogen-bond donors (Lipinski definition) is 2. The summed E-state index contributed by atoms with van der Waals surface area (Å²) >= 11 is 3.39. The zero-order valence-corrected chi connectivity index (χ0v) is 8.71. The maximum absolute atomic E-state index is 10.2. The van der Waals surface area contributed by atoms with Crippen LogP contribution in [0.15, 0.2) is 22.8 Å². The van der Waals surface area contributed by atoms with Crippen LogP contribution < -0.4 is 5.32 Å². The molecule has 1 aromatic rings. The van der Waals surface area contributed by atoms with Crippen molar-refractivity contribution in [2.45, 2.75) is 12.0 Å². The molecule has 1 aromatic heterocycles. The molecule has 1 saturated heterocycles. The Morgan fingerprint density at radius 1 is 1.62 bits per heavy atom. The Hall–Kier alpha value is -0.450. The van der Waals surface area contributed by atoms with Gasteiger partial charge in [0.1, 0.15) is 5.60 Å². The second kappa shape index (κ2) is 3.36. The smallest absolute Gasteiger partial charge is 0.121 e. The van der Waals surface area contributed by atoms with Crippen LogP contribution in [0.1, 0.15) is 12.1 Å². The van der Waals surface area contributed by atoms with Crippen LogP contribution in [0.4, 0.5) is 0 Å². The second-order valence-electron chi connectivity index (χ2n) is 3.29. The summed E-state index contributed by atoms with van der Waals surface area (Å²) in [4.78, 5) is 4.20. The van der Waals surface area contributed by atoms with E-state index in [-0.39, 0.29) is 0 Å². The van der Waals surface area contributed by atoms with Crippen molar-refractivity contribution in [1.29, 1.82) is 0 Å². The number of halogens is 1. The Kier molecular flexibility index (Phi) is 2.36. The van der Waals surface area contributed by atoms with Gasteiger partial charge in [0.25, 0.3) is 0 Å². The molecule has 0 aromatic carbocycles. The zero-order valence-electron chi connectivity index (χ0n) is 7.13. The van der Waals surface area contributed by atoms with Crippen molar-refractivity contribution in [2.24, 2.45) is 0 Å². The minimum atomic E-state index is -0.792. The predicted octanol–water partition coefficient (Wildman–Crippen LogP) is 1.02. The van der Waals surface area contributed by atoms with E-state index < -0.39 is 5.60 Å². The second-order valence-corrected chi connectivity index (χ2v) is 4.15. The van der Waals surface area contributed by atoms with Crippen LogP contribution in [-0.4, -0.2) is 23.2 Å². The van der Waals surface area contributed by atoms with Crippen LogP contribution in [0.2, 0.25) is 0 Å². The van der Waals surface area contributed by atoms with Crippen LogP contribution >= 0.6 is 15.9 Å². The summed E-state index contributed by atoms with van der Waals surface area (Å²) in [5.74, 6) is 0. The van der Waals surface area contributed by atoms with Gasteiger partial charge in [-0.15, -0.1) is 0 Å². The third-order valence-corrected chi connectivity index (χ3v) is 2.97. The highest BCUT2D eigenvalue weighted by molar-refractivity contribution is 9.10. The van der Waals surface area contributed by atoms with Crippen molar-refractivity contribution in [2.75, 3.05) is 13.1 Å². The number of aliphatic hydroxyl groups is 1. The minimum Gasteiger partial charge on any atom is -0.382 e. The highest BCUT2D eigenvalue weighted by atomic mass is 79.9. The van der Waals surface area contributed by atoms with E-state index in [9.17, 15) is 5.11 Å². The van der Waals surface area contributed by atoms with Crippen LogP contribution in [0.25, 0.3) is 0 Å². The summed E-state index contributed by atoms with van der Waals surface area (Å²) in [5, 5.41) is 13.3. The molecule has 0 spiro atoms. The first-order chi connectivity index (χ1) is 6.22. The lowest BCUT2D eigenvalue weighted by Gasteiger charge is -2.21. The average Bonchev–Trinajstić information content (AvgIpc) is 2.54. The Morgan fingerprint density at radius 2 is 2.46 bits per heavy atom. The number of β-amino-alcohol motifs (C(OH)–C–C–N with tert-alkyl or cyclic N) is 1. The fourth-order valence-corrected chi connectivity index (χ4v) is 2.23. The van der Waals surface area contributed by atoms with Gasteiger partial charge in [-0.25, -0.2) is 0 Å². The van der Waals surface area contributed by atoms with Gasteiger partial charge >= 0.3 is 0 Å². The summed E-state index contributed by atoms with van der Waals surface area (Å²) in [5.41, 5.74) is -0.0555. The van der Waals surface area contributed by atoms with Crippen molar-refractivity contribution in [1.82, 2.24) is 10.3 Å². The first-order valence-electron chi connectivity index (χ1n) is 4.26. The molecule has 3 nitrogen and oxygen atoms in total. The first-order valence-corrected chi connectivity index (χ1v) is 5.06. The summed E-state index contributed by atoms with van der Waals surface area (Å²) in [7, 11) is 0. The number of pyridine rings is 1. The molecule has 2 rings (SSSR count). The molecule has 1 fully saturated rings. The lowest BCUT2D eigenvalue weighted by molar-refractivity contribution is 0.0533. The molecule has 1 aliphatic rings. The summed E-state index contributed by atoms with van der Waals surface area (Å²) < 4.78 is 0.876. The third kappa shape index (κ3) is 1.61. The SMILES string of the molecule is OC1(c2ncccc2Br)CCNC1. The van der Waals surface area contributed by atoms with Crippen molar-refractivity contribution < 1.29 is 5.11 Å². The molecule has 1 unspecified atom stereocenters. The monoisotopic (exact) mass is 242 g/mol. The van der Waals surface area contributed by atoms with Crippen molar-refractivity contribution >= 4 is 15.9 Å². The van der Waals surface area contributed by atoms with Gasteiger partial charge in [-0.3, -0.25) is 4.98 Å². The van der Waals surface area contributed by atoms with E-state index in [1.54, 1.807) is 6.20 Å². The van der Waals surface area contributed by atoms with E-state index in [4.69, 9.17) is 0 Å². The molecule has 0 bridgehead atoms. The molecule has 1 atom stereocenters. The van der Waals surface area contributed by atoms with Gasteiger partial charge in [-0.1, -0.05) is 0 Å².